The van der Waals surface area contributed by atoms with Crippen LogP contribution in [0.4, 0.5) is 8.78 Å². The molecule has 1 aliphatic rings. The van der Waals surface area contributed by atoms with E-state index in [4.69, 9.17) is 5.73 Å². The van der Waals surface area contributed by atoms with Crippen molar-refractivity contribution in [1.29, 1.82) is 0 Å². The molecule has 0 saturated carbocycles. The summed E-state index contributed by atoms with van der Waals surface area (Å²) < 4.78 is 26.0. The van der Waals surface area contributed by atoms with Gasteiger partial charge in [-0.1, -0.05) is 6.07 Å². The van der Waals surface area contributed by atoms with Crippen molar-refractivity contribution in [2.75, 3.05) is 13.1 Å². The molecule has 0 radical (unpaired) electrons. The molecule has 0 bridgehead atoms. The lowest BCUT2D eigenvalue weighted by atomic mass is 10.1. The zero-order valence-electron chi connectivity index (χ0n) is 9.73. The van der Waals surface area contributed by atoms with Crippen LogP contribution in [0.3, 0.4) is 0 Å². The molecule has 1 fully saturated rings. The Hall–Kier alpha value is -1.20. The average molecular weight is 277 g/mol. The SMILES string of the molecule is Cl.N[C@H]1CCN(C(=O)Cc2ccc(F)cc2F)C1. The van der Waals surface area contributed by atoms with Crippen LogP contribution in [0.1, 0.15) is 12.0 Å². The van der Waals surface area contributed by atoms with Gasteiger partial charge in [-0.25, -0.2) is 8.78 Å². The van der Waals surface area contributed by atoms with Crippen molar-refractivity contribution in [1.82, 2.24) is 4.90 Å². The van der Waals surface area contributed by atoms with Crippen LogP contribution in [-0.4, -0.2) is 29.9 Å². The van der Waals surface area contributed by atoms with E-state index in [9.17, 15) is 13.6 Å². The fourth-order valence-corrected chi connectivity index (χ4v) is 1.95. The molecule has 100 valence electrons. The molecule has 1 heterocycles. The Bertz CT molecular complexity index is 442. The number of benzene rings is 1. The number of likely N-dealkylation sites (tertiary alicyclic amines) is 1. The lowest BCUT2D eigenvalue weighted by Gasteiger charge is -2.15. The van der Waals surface area contributed by atoms with Crippen molar-refractivity contribution < 1.29 is 13.6 Å². The number of carbonyl (C=O) groups excluding carboxylic acids is 1. The number of hydrogen-bond acceptors (Lipinski definition) is 2. The zero-order chi connectivity index (χ0) is 12.4. The molecular weight excluding hydrogens is 262 g/mol. The van der Waals surface area contributed by atoms with Crippen molar-refractivity contribution in [2.45, 2.75) is 18.9 Å². The smallest absolute Gasteiger partial charge is 0.227 e. The second-order valence-electron chi connectivity index (χ2n) is 4.30. The van der Waals surface area contributed by atoms with E-state index in [2.05, 4.69) is 0 Å². The second-order valence-corrected chi connectivity index (χ2v) is 4.30. The third-order valence-corrected chi connectivity index (χ3v) is 2.93. The third-order valence-electron chi connectivity index (χ3n) is 2.93. The normalized spacial score (nSPS) is 18.6. The molecule has 1 atom stereocenters. The summed E-state index contributed by atoms with van der Waals surface area (Å²) in [5.74, 6) is -1.48. The molecular formula is C12H15ClF2N2O. The second kappa shape index (κ2) is 6.11. The van der Waals surface area contributed by atoms with Crippen LogP contribution < -0.4 is 5.73 Å². The van der Waals surface area contributed by atoms with Crippen LogP contribution in [0.5, 0.6) is 0 Å². The summed E-state index contributed by atoms with van der Waals surface area (Å²) in [6, 6.07) is 3.26. The van der Waals surface area contributed by atoms with Gasteiger partial charge in [0.05, 0.1) is 6.42 Å². The molecule has 3 nitrogen and oxygen atoms in total. The van der Waals surface area contributed by atoms with Gasteiger partial charge in [0.1, 0.15) is 11.6 Å². The van der Waals surface area contributed by atoms with Crippen molar-refractivity contribution in [3.63, 3.8) is 0 Å². The lowest BCUT2D eigenvalue weighted by molar-refractivity contribution is -0.129. The average Bonchev–Trinajstić information content (AvgIpc) is 2.69. The quantitative estimate of drug-likeness (QED) is 0.890. The Kier molecular flexibility index (Phi) is 5.04. The molecule has 0 unspecified atom stereocenters. The number of nitrogens with zero attached hydrogens (tertiary/aromatic N) is 1. The fraction of sp³-hybridized carbons (Fsp3) is 0.417. The summed E-state index contributed by atoms with van der Waals surface area (Å²) in [4.78, 5) is 13.4. The third kappa shape index (κ3) is 3.40. The zero-order valence-corrected chi connectivity index (χ0v) is 10.6. The number of nitrogens with two attached hydrogens (primary N) is 1. The molecule has 1 aliphatic heterocycles. The number of rotatable bonds is 2. The van der Waals surface area contributed by atoms with Crippen LogP contribution in [0.25, 0.3) is 0 Å². The maximum absolute atomic E-state index is 13.3. The Morgan fingerprint density at radius 1 is 1.44 bits per heavy atom. The van der Waals surface area contributed by atoms with E-state index in [-0.39, 0.29) is 36.3 Å². The van der Waals surface area contributed by atoms with Gasteiger partial charge in [-0.05, 0) is 18.1 Å². The van der Waals surface area contributed by atoms with Crippen molar-refractivity contribution in [2.24, 2.45) is 5.73 Å². The number of amides is 1. The highest BCUT2D eigenvalue weighted by molar-refractivity contribution is 5.85. The molecule has 0 spiro atoms. The molecule has 2 rings (SSSR count). The van der Waals surface area contributed by atoms with Crippen molar-refractivity contribution in [3.05, 3.63) is 35.4 Å². The highest BCUT2D eigenvalue weighted by atomic mass is 35.5. The van der Waals surface area contributed by atoms with E-state index in [1.807, 2.05) is 0 Å². The van der Waals surface area contributed by atoms with E-state index in [1.54, 1.807) is 4.90 Å². The van der Waals surface area contributed by atoms with E-state index < -0.39 is 11.6 Å². The molecule has 1 aromatic rings. The van der Waals surface area contributed by atoms with Gasteiger partial charge in [-0.2, -0.15) is 0 Å². The van der Waals surface area contributed by atoms with Gasteiger partial charge in [-0.3, -0.25) is 4.79 Å². The number of carbonyl (C=O) groups is 1. The molecule has 0 aliphatic carbocycles. The molecule has 18 heavy (non-hydrogen) atoms. The first-order valence-corrected chi connectivity index (χ1v) is 5.53. The van der Waals surface area contributed by atoms with Gasteiger partial charge in [-0.15, -0.1) is 12.4 Å². The van der Waals surface area contributed by atoms with Gasteiger partial charge in [0.2, 0.25) is 5.91 Å². The molecule has 6 heteroatoms. The summed E-state index contributed by atoms with van der Waals surface area (Å²) in [5, 5.41) is 0. The highest BCUT2D eigenvalue weighted by Crippen LogP contribution is 2.14. The standard InChI is InChI=1S/C12H14F2N2O.ClH/c13-9-2-1-8(11(14)6-9)5-12(17)16-4-3-10(15)7-16;/h1-2,6,10H,3-5,7,15H2;1H/t10-;/m0./s1. The molecule has 0 aromatic heterocycles. The van der Waals surface area contributed by atoms with Gasteiger partial charge in [0, 0.05) is 25.2 Å². The van der Waals surface area contributed by atoms with E-state index in [1.165, 1.54) is 6.07 Å². The highest BCUT2D eigenvalue weighted by Gasteiger charge is 2.24. The molecule has 1 amide bonds. The van der Waals surface area contributed by atoms with Crippen LogP contribution in [0, 0.1) is 11.6 Å². The maximum Gasteiger partial charge on any atom is 0.227 e. The summed E-state index contributed by atoms with van der Waals surface area (Å²) in [7, 11) is 0. The lowest BCUT2D eigenvalue weighted by Crippen LogP contribution is -2.33. The Morgan fingerprint density at radius 2 is 2.17 bits per heavy atom. The van der Waals surface area contributed by atoms with Gasteiger partial charge >= 0.3 is 0 Å². The van der Waals surface area contributed by atoms with Crippen molar-refractivity contribution >= 4 is 18.3 Å². The van der Waals surface area contributed by atoms with Gasteiger partial charge < -0.3 is 10.6 Å². The van der Waals surface area contributed by atoms with Crippen LogP contribution in [-0.2, 0) is 11.2 Å². The molecule has 2 N–H and O–H groups in total. The molecule has 1 aromatic carbocycles. The predicted octanol–water partition coefficient (Wildman–Crippen LogP) is 1.49. The van der Waals surface area contributed by atoms with E-state index >= 15 is 0 Å². The topological polar surface area (TPSA) is 46.3 Å². The first-order chi connectivity index (χ1) is 8.06. The van der Waals surface area contributed by atoms with Crippen LogP contribution in [0.15, 0.2) is 18.2 Å². The largest absolute Gasteiger partial charge is 0.341 e. The minimum Gasteiger partial charge on any atom is -0.341 e. The Balaban J connectivity index is 0.00000162. The molecule has 1 saturated heterocycles. The van der Waals surface area contributed by atoms with Crippen LogP contribution in [0.2, 0.25) is 0 Å². The van der Waals surface area contributed by atoms with Gasteiger partial charge in [0.25, 0.3) is 0 Å². The summed E-state index contributed by atoms with van der Waals surface area (Å²) in [5.41, 5.74) is 5.91. The Morgan fingerprint density at radius 3 is 2.72 bits per heavy atom. The Labute approximate surface area is 110 Å². The summed E-state index contributed by atoms with van der Waals surface area (Å²) >= 11 is 0. The first-order valence-electron chi connectivity index (χ1n) is 5.53. The van der Waals surface area contributed by atoms with Crippen LogP contribution >= 0.6 is 12.4 Å². The number of halogens is 3. The number of hydrogen-bond donors (Lipinski definition) is 1. The fourth-order valence-electron chi connectivity index (χ4n) is 1.95. The minimum atomic E-state index is -0.679. The van der Waals surface area contributed by atoms with Gasteiger partial charge in [0.15, 0.2) is 0 Å². The predicted molar refractivity (Wildman–Crippen MR) is 66.5 cm³/mol. The minimum absolute atomic E-state index is 0. The van der Waals surface area contributed by atoms with E-state index in [0.29, 0.717) is 13.1 Å². The maximum atomic E-state index is 13.3. The van der Waals surface area contributed by atoms with E-state index in [0.717, 1.165) is 18.6 Å². The van der Waals surface area contributed by atoms with Crippen molar-refractivity contribution in [3.8, 4) is 0 Å². The summed E-state index contributed by atoms with van der Waals surface area (Å²) in [6.45, 7) is 1.13. The first kappa shape index (κ1) is 14.9. The summed E-state index contributed by atoms with van der Waals surface area (Å²) in [6.07, 6.45) is 0.733. The monoisotopic (exact) mass is 276 g/mol.